The summed E-state index contributed by atoms with van der Waals surface area (Å²) < 4.78 is 11.8. The second-order valence-electron chi connectivity index (χ2n) is 7.02. The van der Waals surface area contributed by atoms with Crippen LogP contribution in [0.5, 0.6) is 11.5 Å². The zero-order chi connectivity index (χ0) is 20.0. The smallest absolute Gasteiger partial charge is 0.133 e. The summed E-state index contributed by atoms with van der Waals surface area (Å²) in [6.07, 6.45) is 1.99. The predicted octanol–water partition coefficient (Wildman–Crippen LogP) is 5.80. The number of methoxy groups -OCH3 is 1. The van der Waals surface area contributed by atoms with Crippen LogP contribution in [-0.2, 0) is 5.60 Å². The molecular formula is C25H28O3. The van der Waals surface area contributed by atoms with Crippen LogP contribution in [0.3, 0.4) is 0 Å². The molecule has 3 aromatic carbocycles. The fraction of sp³-hybridized carbons (Fsp3) is 0.280. The van der Waals surface area contributed by atoms with Crippen LogP contribution in [0.25, 0.3) is 11.1 Å². The lowest BCUT2D eigenvalue weighted by atomic mass is 9.85. The molecule has 3 heteroatoms. The van der Waals surface area contributed by atoms with Crippen molar-refractivity contribution in [1.29, 1.82) is 0 Å². The number of benzene rings is 3. The summed E-state index contributed by atoms with van der Waals surface area (Å²) in [4.78, 5) is 0. The van der Waals surface area contributed by atoms with E-state index in [0.29, 0.717) is 12.4 Å². The second-order valence-corrected chi connectivity index (χ2v) is 7.02. The molecule has 0 amide bonds. The van der Waals surface area contributed by atoms with Gasteiger partial charge in [-0.1, -0.05) is 80.1 Å². The van der Waals surface area contributed by atoms with Gasteiger partial charge in [-0.3, -0.25) is 0 Å². The van der Waals surface area contributed by atoms with Gasteiger partial charge in [0.1, 0.15) is 17.1 Å². The number of ether oxygens (including phenoxy) is 2. The third kappa shape index (κ3) is 4.05. The Labute approximate surface area is 167 Å². The van der Waals surface area contributed by atoms with Crippen LogP contribution in [-0.4, -0.2) is 18.8 Å². The number of unbranched alkanes of at least 4 members (excludes halogenated alkanes) is 1. The molecule has 0 radical (unpaired) electrons. The topological polar surface area (TPSA) is 38.7 Å². The molecule has 0 fully saturated rings. The van der Waals surface area contributed by atoms with Gasteiger partial charge in [0.2, 0.25) is 0 Å². The Morgan fingerprint density at radius 1 is 0.857 bits per heavy atom. The highest BCUT2D eigenvalue weighted by atomic mass is 16.5. The molecule has 0 aliphatic rings. The lowest BCUT2D eigenvalue weighted by Crippen LogP contribution is -2.24. The van der Waals surface area contributed by atoms with Gasteiger partial charge in [-0.25, -0.2) is 0 Å². The molecule has 0 bridgehead atoms. The van der Waals surface area contributed by atoms with Crippen LogP contribution in [0.4, 0.5) is 0 Å². The van der Waals surface area contributed by atoms with E-state index in [1.807, 2.05) is 79.7 Å². The third-order valence-electron chi connectivity index (χ3n) is 5.02. The number of para-hydroxylation sites is 2. The van der Waals surface area contributed by atoms with Crippen molar-refractivity contribution in [2.45, 2.75) is 32.3 Å². The van der Waals surface area contributed by atoms with Crippen molar-refractivity contribution in [3.63, 3.8) is 0 Å². The standard InChI is InChI=1S/C25H28O3/c1-4-5-18-28-24-21(20-14-9-10-17-23(20)27-3)15-11-16-22(24)25(2,26)19-12-7-6-8-13-19/h6-17,26H,4-5,18H2,1-3H3. The minimum atomic E-state index is -1.18. The zero-order valence-corrected chi connectivity index (χ0v) is 16.8. The molecule has 1 N–H and O–H groups in total. The maximum atomic E-state index is 11.5. The molecule has 0 aliphatic carbocycles. The van der Waals surface area contributed by atoms with E-state index in [1.165, 1.54) is 0 Å². The number of aliphatic hydroxyl groups is 1. The first-order chi connectivity index (χ1) is 13.6. The molecular weight excluding hydrogens is 348 g/mol. The monoisotopic (exact) mass is 376 g/mol. The van der Waals surface area contributed by atoms with E-state index in [1.54, 1.807) is 7.11 Å². The largest absolute Gasteiger partial charge is 0.496 e. The molecule has 0 heterocycles. The van der Waals surface area contributed by atoms with E-state index >= 15 is 0 Å². The van der Waals surface area contributed by atoms with Crippen LogP contribution >= 0.6 is 0 Å². The lowest BCUT2D eigenvalue weighted by Gasteiger charge is -2.28. The Morgan fingerprint density at radius 3 is 2.25 bits per heavy atom. The highest BCUT2D eigenvalue weighted by molar-refractivity contribution is 5.77. The molecule has 0 aliphatic heterocycles. The Balaban J connectivity index is 2.18. The molecule has 0 aromatic heterocycles. The van der Waals surface area contributed by atoms with Crippen LogP contribution in [0.2, 0.25) is 0 Å². The number of hydrogen-bond donors (Lipinski definition) is 1. The second kappa shape index (κ2) is 8.94. The van der Waals surface area contributed by atoms with Crippen molar-refractivity contribution < 1.29 is 14.6 Å². The van der Waals surface area contributed by atoms with Gasteiger partial charge in [-0.05, 0) is 25.0 Å². The summed E-state index contributed by atoms with van der Waals surface area (Å²) in [6.45, 7) is 4.55. The molecule has 0 spiro atoms. The van der Waals surface area contributed by atoms with Gasteiger partial charge >= 0.3 is 0 Å². The minimum absolute atomic E-state index is 0.598. The molecule has 1 unspecified atom stereocenters. The van der Waals surface area contributed by atoms with Gasteiger partial charge in [-0.15, -0.1) is 0 Å². The van der Waals surface area contributed by atoms with E-state index in [2.05, 4.69) is 6.92 Å². The average Bonchev–Trinajstić information content (AvgIpc) is 2.74. The first kappa shape index (κ1) is 20.0. The molecule has 0 saturated carbocycles. The van der Waals surface area contributed by atoms with Gasteiger partial charge < -0.3 is 14.6 Å². The number of hydrogen-bond acceptors (Lipinski definition) is 3. The quantitative estimate of drug-likeness (QED) is 0.505. The highest BCUT2D eigenvalue weighted by Crippen LogP contribution is 2.43. The summed E-state index contributed by atoms with van der Waals surface area (Å²) >= 11 is 0. The Bertz CT molecular complexity index is 901. The van der Waals surface area contributed by atoms with Crippen LogP contribution in [0.15, 0.2) is 72.8 Å². The fourth-order valence-electron chi connectivity index (χ4n) is 3.39. The molecule has 3 rings (SSSR count). The van der Waals surface area contributed by atoms with Gasteiger partial charge in [-0.2, -0.15) is 0 Å². The van der Waals surface area contributed by atoms with Crippen molar-refractivity contribution in [3.05, 3.63) is 83.9 Å². The van der Waals surface area contributed by atoms with E-state index in [-0.39, 0.29) is 0 Å². The Hall–Kier alpha value is -2.78. The van der Waals surface area contributed by atoms with Crippen LogP contribution < -0.4 is 9.47 Å². The molecule has 1 atom stereocenters. The first-order valence-electron chi connectivity index (χ1n) is 9.77. The van der Waals surface area contributed by atoms with Crippen molar-refractivity contribution in [3.8, 4) is 22.6 Å². The Kier molecular flexibility index (Phi) is 6.37. The van der Waals surface area contributed by atoms with Gasteiger partial charge in [0.05, 0.1) is 13.7 Å². The third-order valence-corrected chi connectivity index (χ3v) is 5.02. The number of rotatable bonds is 8. The molecule has 3 nitrogen and oxygen atoms in total. The minimum Gasteiger partial charge on any atom is -0.496 e. The summed E-state index contributed by atoms with van der Waals surface area (Å²) in [5.41, 5.74) is 2.26. The predicted molar refractivity (Wildman–Crippen MR) is 114 cm³/mol. The molecule has 146 valence electrons. The average molecular weight is 376 g/mol. The zero-order valence-electron chi connectivity index (χ0n) is 16.8. The SMILES string of the molecule is CCCCOc1c(-c2ccccc2OC)cccc1C(C)(O)c1ccccc1. The van der Waals surface area contributed by atoms with Gasteiger partial charge in [0.15, 0.2) is 0 Å². The normalized spacial score (nSPS) is 13.0. The van der Waals surface area contributed by atoms with E-state index in [4.69, 9.17) is 9.47 Å². The first-order valence-corrected chi connectivity index (χ1v) is 9.77. The highest BCUT2D eigenvalue weighted by Gasteiger charge is 2.31. The van der Waals surface area contributed by atoms with Crippen molar-refractivity contribution >= 4 is 0 Å². The summed E-state index contributed by atoms with van der Waals surface area (Å²) in [5.74, 6) is 1.48. The molecule has 28 heavy (non-hydrogen) atoms. The van der Waals surface area contributed by atoms with Gasteiger partial charge in [0.25, 0.3) is 0 Å². The maximum absolute atomic E-state index is 11.5. The van der Waals surface area contributed by atoms with Gasteiger partial charge in [0, 0.05) is 16.7 Å². The molecule has 0 saturated heterocycles. The summed E-state index contributed by atoms with van der Waals surface area (Å²) in [6, 6.07) is 23.5. The fourth-order valence-corrected chi connectivity index (χ4v) is 3.39. The van der Waals surface area contributed by atoms with Crippen LogP contribution in [0, 0.1) is 0 Å². The van der Waals surface area contributed by atoms with E-state index in [9.17, 15) is 5.11 Å². The van der Waals surface area contributed by atoms with Crippen molar-refractivity contribution in [2.24, 2.45) is 0 Å². The van der Waals surface area contributed by atoms with Crippen molar-refractivity contribution in [1.82, 2.24) is 0 Å². The van der Waals surface area contributed by atoms with Crippen molar-refractivity contribution in [2.75, 3.05) is 13.7 Å². The Morgan fingerprint density at radius 2 is 1.54 bits per heavy atom. The maximum Gasteiger partial charge on any atom is 0.133 e. The summed E-state index contributed by atoms with van der Waals surface area (Å²) in [5, 5.41) is 11.5. The lowest BCUT2D eigenvalue weighted by molar-refractivity contribution is 0.0978. The summed E-state index contributed by atoms with van der Waals surface area (Å²) in [7, 11) is 1.67. The van der Waals surface area contributed by atoms with Crippen LogP contribution in [0.1, 0.15) is 37.8 Å². The molecule has 3 aromatic rings. The van der Waals surface area contributed by atoms with E-state index in [0.717, 1.165) is 40.8 Å². The van der Waals surface area contributed by atoms with E-state index < -0.39 is 5.60 Å².